The number of nitrogens with zero attached hydrogens (tertiary/aromatic N) is 2. The number of benzene rings is 7. The summed E-state index contributed by atoms with van der Waals surface area (Å²) in [7, 11) is -3.04. The summed E-state index contributed by atoms with van der Waals surface area (Å²) in [6.07, 6.45) is 0. The molecule has 0 aliphatic heterocycles. The van der Waals surface area contributed by atoms with E-state index in [0.717, 1.165) is 82.1 Å². The second kappa shape index (κ2) is 12.4. The molecule has 9 aromatic rings. The lowest BCUT2D eigenvalue weighted by molar-refractivity contribution is 0.592. The third-order valence-corrected chi connectivity index (χ3v) is 12.6. The fourth-order valence-electron chi connectivity index (χ4n) is 7.01. The van der Waals surface area contributed by atoms with Gasteiger partial charge in [-0.1, -0.05) is 176 Å². The Morgan fingerprint density at radius 3 is 1.56 bits per heavy atom. The first-order valence-corrected chi connectivity index (χ1v) is 18.5. The molecule has 0 saturated carbocycles. The molecule has 0 atom stereocenters. The van der Waals surface area contributed by atoms with Crippen molar-refractivity contribution in [3.05, 3.63) is 188 Å². The number of para-hydroxylation sites is 1. The molecule has 0 aliphatic rings. The van der Waals surface area contributed by atoms with Crippen LogP contribution in [0.2, 0.25) is 0 Å². The SMILES string of the molecule is O=P(c1ccccc1)(c1ccccc1)c1ccc(-c2ccc(-c3nc4ccccc4c4ccc5ccc(-c6ccccc6)nc5c34)cc2)cc1. The van der Waals surface area contributed by atoms with Crippen LogP contribution in [0, 0.1) is 0 Å². The topological polar surface area (TPSA) is 42.9 Å². The summed E-state index contributed by atoms with van der Waals surface area (Å²) in [5.74, 6) is 0. The minimum Gasteiger partial charge on any atom is -0.309 e. The highest BCUT2D eigenvalue weighted by molar-refractivity contribution is 7.85. The van der Waals surface area contributed by atoms with E-state index in [9.17, 15) is 4.57 Å². The maximum Gasteiger partial charge on any atom is 0.171 e. The van der Waals surface area contributed by atoms with Crippen LogP contribution in [0.5, 0.6) is 0 Å². The van der Waals surface area contributed by atoms with E-state index in [-0.39, 0.29) is 0 Å². The quantitative estimate of drug-likeness (QED) is 0.132. The van der Waals surface area contributed by atoms with Crippen molar-refractivity contribution in [1.82, 2.24) is 9.97 Å². The third-order valence-electron chi connectivity index (χ3n) is 9.56. The summed E-state index contributed by atoms with van der Waals surface area (Å²) in [5.41, 5.74) is 7.99. The molecule has 0 unspecified atom stereocenters. The number of hydrogen-bond acceptors (Lipinski definition) is 3. The molecule has 3 nitrogen and oxygen atoms in total. The monoisotopic (exact) mass is 658 g/mol. The molecule has 0 bridgehead atoms. The van der Waals surface area contributed by atoms with E-state index in [4.69, 9.17) is 9.97 Å². The first-order chi connectivity index (χ1) is 24.7. The summed E-state index contributed by atoms with van der Waals surface area (Å²) in [4.78, 5) is 10.5. The number of rotatable bonds is 6. The lowest BCUT2D eigenvalue weighted by Gasteiger charge is -2.20. The highest BCUT2D eigenvalue weighted by Crippen LogP contribution is 2.43. The Labute approximate surface area is 290 Å². The van der Waals surface area contributed by atoms with Gasteiger partial charge in [-0.05, 0) is 28.6 Å². The molecule has 4 heteroatoms. The van der Waals surface area contributed by atoms with Crippen LogP contribution in [0.1, 0.15) is 0 Å². The average molecular weight is 659 g/mol. The first-order valence-electron chi connectivity index (χ1n) is 16.8. The largest absolute Gasteiger partial charge is 0.309 e. The van der Waals surface area contributed by atoms with Crippen molar-refractivity contribution in [3.63, 3.8) is 0 Å². The van der Waals surface area contributed by atoms with Crippen molar-refractivity contribution in [3.8, 4) is 33.6 Å². The molecular weight excluding hydrogens is 627 g/mol. The van der Waals surface area contributed by atoms with Crippen LogP contribution in [0.4, 0.5) is 0 Å². The van der Waals surface area contributed by atoms with Gasteiger partial charge in [-0.3, -0.25) is 0 Å². The Hall–Kier alpha value is -6.15. The van der Waals surface area contributed by atoms with E-state index < -0.39 is 7.14 Å². The fourth-order valence-corrected chi connectivity index (χ4v) is 9.66. The number of aromatic nitrogens is 2. The maximum atomic E-state index is 14.9. The van der Waals surface area contributed by atoms with Gasteiger partial charge in [-0.2, -0.15) is 0 Å². The predicted molar refractivity (Wildman–Crippen MR) is 210 cm³/mol. The second-order valence-corrected chi connectivity index (χ2v) is 15.3. The van der Waals surface area contributed by atoms with E-state index >= 15 is 0 Å². The molecule has 0 fully saturated rings. The van der Waals surface area contributed by atoms with Gasteiger partial charge in [0, 0.05) is 43.2 Å². The molecule has 0 spiro atoms. The van der Waals surface area contributed by atoms with E-state index in [1.807, 2.05) is 97.1 Å². The van der Waals surface area contributed by atoms with Crippen molar-refractivity contribution in [2.24, 2.45) is 0 Å². The molecule has 9 rings (SSSR count). The van der Waals surface area contributed by atoms with Crippen LogP contribution in [0.25, 0.3) is 66.2 Å². The van der Waals surface area contributed by atoms with E-state index in [2.05, 4.69) is 91.0 Å². The molecule has 50 heavy (non-hydrogen) atoms. The summed E-state index contributed by atoms with van der Waals surface area (Å²) in [6, 6.07) is 63.7. The molecule has 0 radical (unpaired) electrons. The van der Waals surface area contributed by atoms with Crippen molar-refractivity contribution < 1.29 is 4.57 Å². The maximum absolute atomic E-state index is 14.9. The van der Waals surface area contributed by atoms with Crippen LogP contribution in [0.3, 0.4) is 0 Å². The van der Waals surface area contributed by atoms with E-state index in [1.165, 1.54) is 0 Å². The molecule has 0 amide bonds. The number of hydrogen-bond donors (Lipinski definition) is 0. The summed E-state index contributed by atoms with van der Waals surface area (Å²) in [6.45, 7) is 0. The van der Waals surface area contributed by atoms with Gasteiger partial charge in [0.25, 0.3) is 0 Å². The fraction of sp³-hybridized carbons (Fsp3) is 0. The summed E-state index contributed by atoms with van der Waals surface area (Å²) >= 11 is 0. The van der Waals surface area contributed by atoms with Crippen LogP contribution in [-0.2, 0) is 4.57 Å². The van der Waals surface area contributed by atoms with Gasteiger partial charge >= 0.3 is 0 Å². The Morgan fingerprint density at radius 2 is 0.900 bits per heavy atom. The smallest absolute Gasteiger partial charge is 0.171 e. The molecule has 7 aromatic carbocycles. The van der Waals surface area contributed by atoms with Gasteiger partial charge in [0.2, 0.25) is 0 Å². The van der Waals surface area contributed by atoms with Gasteiger partial charge in [-0.25, -0.2) is 9.97 Å². The lowest BCUT2D eigenvalue weighted by Crippen LogP contribution is -2.24. The van der Waals surface area contributed by atoms with Crippen LogP contribution in [-0.4, -0.2) is 9.97 Å². The van der Waals surface area contributed by atoms with Gasteiger partial charge in [0.1, 0.15) is 0 Å². The Kier molecular flexibility index (Phi) is 7.42. The Bertz CT molecular complexity index is 2650. The van der Waals surface area contributed by atoms with E-state index in [0.29, 0.717) is 0 Å². The van der Waals surface area contributed by atoms with Crippen molar-refractivity contribution in [2.45, 2.75) is 0 Å². The van der Waals surface area contributed by atoms with Crippen molar-refractivity contribution in [1.29, 1.82) is 0 Å². The highest BCUT2D eigenvalue weighted by atomic mass is 31.2. The van der Waals surface area contributed by atoms with Crippen LogP contribution >= 0.6 is 7.14 Å². The van der Waals surface area contributed by atoms with Gasteiger partial charge < -0.3 is 4.57 Å². The van der Waals surface area contributed by atoms with Gasteiger partial charge in [0.15, 0.2) is 7.14 Å². The minimum absolute atomic E-state index is 0.816. The zero-order chi connectivity index (χ0) is 33.5. The second-order valence-electron chi connectivity index (χ2n) is 12.5. The van der Waals surface area contributed by atoms with E-state index in [1.54, 1.807) is 0 Å². The lowest BCUT2D eigenvalue weighted by atomic mass is 9.96. The average Bonchev–Trinajstić information content (AvgIpc) is 3.21. The predicted octanol–water partition coefficient (Wildman–Crippen LogP) is 10.6. The van der Waals surface area contributed by atoms with Crippen LogP contribution < -0.4 is 15.9 Å². The molecule has 236 valence electrons. The van der Waals surface area contributed by atoms with Crippen molar-refractivity contribution in [2.75, 3.05) is 0 Å². The minimum atomic E-state index is -3.04. The molecule has 0 aliphatic carbocycles. The summed E-state index contributed by atoms with van der Waals surface area (Å²) < 4.78 is 14.9. The highest BCUT2D eigenvalue weighted by Gasteiger charge is 2.29. The Balaban J connectivity index is 1.14. The number of pyridine rings is 2. The molecule has 2 heterocycles. The van der Waals surface area contributed by atoms with Gasteiger partial charge in [0.05, 0.1) is 22.4 Å². The van der Waals surface area contributed by atoms with Gasteiger partial charge in [-0.15, -0.1) is 0 Å². The zero-order valence-electron chi connectivity index (χ0n) is 27.1. The Morgan fingerprint density at radius 1 is 0.380 bits per heavy atom. The normalized spacial score (nSPS) is 11.7. The number of fused-ring (bicyclic) bond motifs is 5. The molecule has 0 saturated heterocycles. The first kappa shape index (κ1) is 29.9. The molecule has 2 aromatic heterocycles. The standard InChI is InChI=1S/C46H31N2OP/c49-50(37-14-6-2-7-15-37,38-16-8-3-9-17-38)39-28-24-33(25-29-39)32-20-22-35(23-21-32)46-44-41(40-18-10-11-19-43(40)48-46)30-26-36-27-31-42(47-45(36)44)34-12-4-1-5-13-34/h1-31H. The van der Waals surface area contributed by atoms with Crippen molar-refractivity contribution >= 4 is 55.6 Å². The van der Waals surface area contributed by atoms with Crippen LogP contribution in [0.15, 0.2) is 188 Å². The third kappa shape index (κ3) is 5.11. The molecular formula is C46H31N2OP. The zero-order valence-corrected chi connectivity index (χ0v) is 28.0. The summed E-state index contributed by atoms with van der Waals surface area (Å²) in [5, 5.41) is 6.85. The molecule has 0 N–H and O–H groups in total.